The van der Waals surface area contributed by atoms with Crippen LogP contribution in [0.25, 0.3) is 28.1 Å². The summed E-state index contributed by atoms with van der Waals surface area (Å²) in [5.41, 5.74) is -0.816. The Morgan fingerprint density at radius 1 is 1.24 bits per heavy atom. The van der Waals surface area contributed by atoms with E-state index in [1.807, 2.05) is 0 Å². The molecule has 14 heteroatoms. The summed E-state index contributed by atoms with van der Waals surface area (Å²) in [4.78, 5) is 24.2. The second-order valence-corrected chi connectivity index (χ2v) is 10.0. The Morgan fingerprint density at radius 3 is 2.56 bits per heavy atom. The van der Waals surface area contributed by atoms with Crippen molar-refractivity contribution in [2.45, 2.75) is 32.0 Å². The van der Waals surface area contributed by atoms with E-state index in [-0.39, 0.29) is 56.5 Å². The van der Waals surface area contributed by atoms with Gasteiger partial charge in [-0.2, -0.15) is 22.8 Å². The van der Waals surface area contributed by atoms with Gasteiger partial charge in [-0.25, -0.2) is 23.4 Å². The molecule has 0 saturated carbocycles. The van der Waals surface area contributed by atoms with E-state index in [4.69, 9.17) is 0 Å². The maximum Gasteiger partial charge on any atom is 0.433 e. The van der Waals surface area contributed by atoms with Gasteiger partial charge >= 0.3 is 6.18 Å². The van der Waals surface area contributed by atoms with Gasteiger partial charge in [0.15, 0.2) is 20.5 Å². The summed E-state index contributed by atoms with van der Waals surface area (Å²) in [6, 6.07) is 2.25. The van der Waals surface area contributed by atoms with E-state index in [0.29, 0.717) is 0 Å². The molecule has 0 saturated heterocycles. The second-order valence-electron chi connectivity index (χ2n) is 7.84. The number of anilines is 1. The summed E-state index contributed by atoms with van der Waals surface area (Å²) in [5, 5.41) is 6.54. The van der Waals surface area contributed by atoms with Crippen molar-refractivity contribution in [3.8, 4) is 11.4 Å². The fourth-order valence-corrected chi connectivity index (χ4v) is 4.28. The molecule has 0 unspecified atom stereocenters. The predicted octanol–water partition coefficient (Wildman–Crippen LogP) is 3.08. The highest BCUT2D eigenvalue weighted by Gasteiger charge is 2.34. The topological polar surface area (TPSA) is 124 Å². The van der Waals surface area contributed by atoms with E-state index in [2.05, 4.69) is 25.4 Å². The molecule has 34 heavy (non-hydrogen) atoms. The van der Waals surface area contributed by atoms with Crippen LogP contribution < -0.4 is 5.32 Å². The van der Waals surface area contributed by atoms with Gasteiger partial charge in [-0.1, -0.05) is 20.8 Å². The largest absolute Gasteiger partial charge is 0.433 e. The maximum atomic E-state index is 13.1. The summed E-state index contributed by atoms with van der Waals surface area (Å²) in [7, 11) is -2.40. The van der Waals surface area contributed by atoms with Gasteiger partial charge in [-0.15, -0.1) is 0 Å². The number of pyridine rings is 1. The first kappa shape index (κ1) is 23.6. The van der Waals surface area contributed by atoms with Crippen molar-refractivity contribution in [3.05, 3.63) is 30.2 Å². The molecule has 0 aromatic carbocycles. The van der Waals surface area contributed by atoms with E-state index in [9.17, 15) is 26.4 Å². The highest BCUT2D eigenvalue weighted by atomic mass is 32.2. The number of fused-ring (bicyclic) bond motifs is 2. The fourth-order valence-electron chi connectivity index (χ4n) is 3.31. The number of carbonyl (C=O) groups excluding carboxylic acids is 1. The Kier molecular flexibility index (Phi) is 5.58. The molecule has 0 fully saturated rings. The summed E-state index contributed by atoms with van der Waals surface area (Å²) >= 11 is 0. The van der Waals surface area contributed by atoms with E-state index >= 15 is 0 Å². The van der Waals surface area contributed by atoms with E-state index in [1.165, 1.54) is 35.3 Å². The maximum absolute atomic E-state index is 13.1. The van der Waals surface area contributed by atoms with Crippen molar-refractivity contribution in [1.82, 2.24) is 29.1 Å². The van der Waals surface area contributed by atoms with E-state index in [1.54, 1.807) is 13.8 Å². The van der Waals surface area contributed by atoms with Gasteiger partial charge in [0.1, 0.15) is 22.9 Å². The van der Waals surface area contributed by atoms with Crippen molar-refractivity contribution in [1.29, 1.82) is 0 Å². The third-order valence-corrected chi connectivity index (χ3v) is 6.85. The number of carbonyl (C=O) groups is 1. The number of sulfone groups is 1. The summed E-state index contributed by atoms with van der Waals surface area (Å²) in [5.74, 6) is -0.744. The molecule has 0 atom stereocenters. The minimum Gasteiger partial charge on any atom is -0.326 e. The lowest BCUT2D eigenvalue weighted by atomic mass is 10.2. The third-order valence-electron chi connectivity index (χ3n) is 5.22. The zero-order valence-corrected chi connectivity index (χ0v) is 19.4. The molecule has 0 spiro atoms. The molecule has 0 radical (unpaired) electrons. The number of amides is 1. The van der Waals surface area contributed by atoms with Crippen molar-refractivity contribution in [3.63, 3.8) is 0 Å². The Labute approximate surface area is 191 Å². The van der Waals surface area contributed by atoms with Crippen LogP contribution in [0.3, 0.4) is 0 Å². The van der Waals surface area contributed by atoms with Gasteiger partial charge in [0.2, 0.25) is 5.91 Å². The zero-order valence-electron chi connectivity index (χ0n) is 18.5. The molecule has 0 aliphatic rings. The van der Waals surface area contributed by atoms with Crippen LogP contribution in [0.15, 0.2) is 29.6 Å². The minimum absolute atomic E-state index is 0.00903. The lowest BCUT2D eigenvalue weighted by molar-refractivity contribution is -0.141. The molecule has 4 rings (SSSR count). The molecule has 4 heterocycles. The minimum atomic E-state index is -4.67. The molecule has 4 aromatic rings. The predicted molar refractivity (Wildman–Crippen MR) is 117 cm³/mol. The number of alkyl halides is 3. The Bertz CT molecular complexity index is 1540. The van der Waals surface area contributed by atoms with Gasteiger partial charge < -0.3 is 9.88 Å². The summed E-state index contributed by atoms with van der Waals surface area (Å²) in [6.45, 7) is 4.82. The normalized spacial score (nSPS) is 12.7. The first-order chi connectivity index (χ1) is 15.8. The number of nitrogens with zero attached hydrogens (tertiary/aromatic N) is 6. The van der Waals surface area contributed by atoms with Crippen LogP contribution in [-0.2, 0) is 27.9 Å². The number of hydrogen-bond acceptors (Lipinski definition) is 7. The number of halogens is 3. The molecule has 4 aromatic heterocycles. The zero-order chi connectivity index (χ0) is 25.0. The number of aromatic nitrogens is 6. The summed E-state index contributed by atoms with van der Waals surface area (Å²) < 4.78 is 67.9. The van der Waals surface area contributed by atoms with Crippen molar-refractivity contribution in [2.75, 3.05) is 11.1 Å². The number of hydrogen-bond donors (Lipinski definition) is 1. The molecule has 1 N–H and O–H groups in total. The quantitative estimate of drug-likeness (QED) is 0.451. The lowest BCUT2D eigenvalue weighted by Crippen LogP contribution is -2.20. The van der Waals surface area contributed by atoms with Crippen molar-refractivity contribution >= 4 is 38.2 Å². The van der Waals surface area contributed by atoms with Crippen molar-refractivity contribution in [2.24, 2.45) is 13.0 Å². The van der Waals surface area contributed by atoms with Crippen LogP contribution >= 0.6 is 0 Å². The Morgan fingerprint density at radius 2 is 1.94 bits per heavy atom. The molecule has 0 aliphatic carbocycles. The van der Waals surface area contributed by atoms with Crippen LogP contribution in [0.4, 0.5) is 19.0 Å². The number of rotatable bonds is 5. The van der Waals surface area contributed by atoms with Crippen LogP contribution in [0.5, 0.6) is 0 Å². The standard InChI is InChI=1S/C20H20F3N7O3S/c1-5-34(32,33)19-15(16-24-7-6-14(30(16)28-19)27-18(31)10(2)3)17-26-11-8-13(20(21,22)23)25-9-12(11)29(17)4/h6-10H,5H2,1-4H3,(H,27,31). The number of aryl methyl sites for hydroxylation is 1. The molecule has 1 amide bonds. The van der Waals surface area contributed by atoms with Crippen LogP contribution in [-0.4, -0.2) is 49.2 Å². The molecule has 180 valence electrons. The van der Waals surface area contributed by atoms with Crippen LogP contribution in [0.1, 0.15) is 26.5 Å². The van der Waals surface area contributed by atoms with Crippen molar-refractivity contribution < 1.29 is 26.4 Å². The third kappa shape index (κ3) is 3.87. The van der Waals surface area contributed by atoms with Crippen LogP contribution in [0.2, 0.25) is 0 Å². The van der Waals surface area contributed by atoms with Crippen LogP contribution in [0, 0.1) is 5.92 Å². The van der Waals surface area contributed by atoms with Gasteiger partial charge in [0, 0.05) is 19.2 Å². The molecular formula is C20H20F3N7O3S. The first-order valence-corrected chi connectivity index (χ1v) is 11.8. The molecular weight excluding hydrogens is 475 g/mol. The lowest BCUT2D eigenvalue weighted by Gasteiger charge is -2.08. The summed E-state index contributed by atoms with van der Waals surface area (Å²) in [6.07, 6.45) is -2.28. The monoisotopic (exact) mass is 495 g/mol. The highest BCUT2D eigenvalue weighted by Crippen LogP contribution is 2.35. The fraction of sp³-hybridized carbons (Fsp3) is 0.350. The average Bonchev–Trinajstić information content (AvgIpc) is 3.31. The molecule has 0 bridgehead atoms. The van der Waals surface area contributed by atoms with Gasteiger partial charge in [-0.05, 0) is 12.1 Å². The Balaban J connectivity index is 2.03. The number of nitrogens with one attached hydrogen (secondary N) is 1. The van der Waals surface area contributed by atoms with E-state index in [0.717, 1.165) is 12.3 Å². The number of imidazole rings is 1. The highest BCUT2D eigenvalue weighted by molar-refractivity contribution is 7.91. The Hall–Kier alpha value is -3.55. The SMILES string of the molecule is CCS(=O)(=O)c1nn2c(NC(=O)C(C)C)ccnc2c1-c1nc2cc(C(F)(F)F)ncc2n1C. The van der Waals surface area contributed by atoms with Gasteiger partial charge in [0.25, 0.3) is 0 Å². The first-order valence-electron chi connectivity index (χ1n) is 10.2. The van der Waals surface area contributed by atoms with Gasteiger partial charge in [0.05, 0.1) is 23.0 Å². The molecule has 10 nitrogen and oxygen atoms in total. The average molecular weight is 495 g/mol. The van der Waals surface area contributed by atoms with Gasteiger partial charge in [-0.3, -0.25) is 4.79 Å². The second kappa shape index (κ2) is 8.04. The van der Waals surface area contributed by atoms with E-state index < -0.39 is 21.7 Å². The smallest absolute Gasteiger partial charge is 0.326 e. The molecule has 0 aliphatic heterocycles.